The normalized spacial score (nSPS) is 18.2. The molecule has 1 N–H and O–H groups in total. The zero-order valence-corrected chi connectivity index (χ0v) is 12.0. The van der Waals surface area contributed by atoms with Gasteiger partial charge in [0.1, 0.15) is 11.1 Å². The van der Waals surface area contributed by atoms with E-state index in [-0.39, 0.29) is 11.4 Å². The fourth-order valence-corrected chi connectivity index (χ4v) is 3.38. The molecule has 1 saturated heterocycles. The molecule has 2 heterocycles. The van der Waals surface area contributed by atoms with Crippen molar-refractivity contribution >= 4 is 23.5 Å². The summed E-state index contributed by atoms with van der Waals surface area (Å²) >= 11 is 1.72. The molecule has 5 heteroatoms. The van der Waals surface area contributed by atoms with Crippen molar-refractivity contribution in [2.24, 2.45) is 0 Å². The summed E-state index contributed by atoms with van der Waals surface area (Å²) in [6, 6.07) is 11.5. The summed E-state index contributed by atoms with van der Waals surface area (Å²) in [5.41, 5.74) is 1.99. The van der Waals surface area contributed by atoms with E-state index in [1.54, 1.807) is 18.0 Å². The van der Waals surface area contributed by atoms with Crippen molar-refractivity contribution in [2.75, 3.05) is 17.6 Å². The average molecular weight is 288 g/mol. The molecular weight excluding hydrogens is 272 g/mol. The van der Waals surface area contributed by atoms with E-state index in [4.69, 9.17) is 4.42 Å². The summed E-state index contributed by atoms with van der Waals surface area (Å²) in [5, 5.41) is 2.90. The number of anilines is 1. The first-order chi connectivity index (χ1) is 9.74. The molecule has 0 unspecified atom stereocenters. The third-order valence-corrected chi connectivity index (χ3v) is 4.46. The summed E-state index contributed by atoms with van der Waals surface area (Å²) in [7, 11) is 0. The molecule has 0 aliphatic carbocycles. The van der Waals surface area contributed by atoms with Crippen molar-refractivity contribution < 1.29 is 9.21 Å². The third kappa shape index (κ3) is 2.67. The summed E-state index contributed by atoms with van der Waals surface area (Å²) < 4.78 is 5.42. The molecule has 0 radical (unpaired) electrons. The van der Waals surface area contributed by atoms with Gasteiger partial charge in [-0.1, -0.05) is 17.7 Å². The zero-order valence-electron chi connectivity index (χ0n) is 11.2. The third-order valence-electron chi connectivity index (χ3n) is 3.24. The topological polar surface area (TPSA) is 45.5 Å². The van der Waals surface area contributed by atoms with Gasteiger partial charge in [-0.15, -0.1) is 11.8 Å². The van der Waals surface area contributed by atoms with Gasteiger partial charge in [-0.2, -0.15) is 0 Å². The van der Waals surface area contributed by atoms with Crippen LogP contribution in [-0.2, 0) is 0 Å². The Kier molecular flexibility index (Phi) is 3.69. The minimum atomic E-state index is -0.0831. The fourth-order valence-electron chi connectivity index (χ4n) is 2.18. The molecular formula is C15H16N2O2S. The number of carbonyl (C=O) groups is 1. The molecule has 1 fully saturated rings. The molecule has 3 rings (SSSR count). The van der Waals surface area contributed by atoms with Crippen molar-refractivity contribution in [2.45, 2.75) is 12.3 Å². The van der Waals surface area contributed by atoms with Crippen LogP contribution in [0.1, 0.15) is 16.7 Å². The van der Waals surface area contributed by atoms with Crippen LogP contribution in [-0.4, -0.2) is 23.2 Å². The second-order valence-electron chi connectivity index (χ2n) is 4.73. The molecule has 2 aromatic rings. The van der Waals surface area contributed by atoms with Gasteiger partial charge in [0.15, 0.2) is 0 Å². The molecule has 2 amide bonds. The van der Waals surface area contributed by atoms with E-state index in [2.05, 4.69) is 5.32 Å². The number of rotatable bonds is 2. The Morgan fingerprint density at radius 2 is 2.15 bits per heavy atom. The maximum Gasteiger partial charge on any atom is 0.323 e. The van der Waals surface area contributed by atoms with Crippen LogP contribution < -0.4 is 5.32 Å². The largest absolute Gasteiger partial charge is 0.466 e. The van der Waals surface area contributed by atoms with E-state index in [9.17, 15) is 4.79 Å². The molecule has 0 bridgehead atoms. The van der Waals surface area contributed by atoms with Gasteiger partial charge in [-0.25, -0.2) is 4.79 Å². The number of hydrogen-bond acceptors (Lipinski definition) is 3. The molecule has 0 spiro atoms. The first kappa shape index (κ1) is 13.1. The average Bonchev–Trinajstić information content (AvgIpc) is 3.11. The quantitative estimate of drug-likeness (QED) is 0.912. The Balaban J connectivity index is 1.71. The van der Waals surface area contributed by atoms with E-state index in [1.165, 1.54) is 5.56 Å². The highest BCUT2D eigenvalue weighted by Crippen LogP contribution is 2.38. The van der Waals surface area contributed by atoms with Gasteiger partial charge in [0.25, 0.3) is 0 Å². The summed E-state index contributed by atoms with van der Waals surface area (Å²) in [6.07, 6.45) is 1.64. The highest BCUT2D eigenvalue weighted by molar-refractivity contribution is 7.99. The van der Waals surface area contributed by atoms with Crippen LogP contribution in [0.5, 0.6) is 0 Å². The van der Waals surface area contributed by atoms with Crippen LogP contribution in [0.25, 0.3) is 0 Å². The minimum Gasteiger partial charge on any atom is -0.466 e. The predicted molar refractivity (Wildman–Crippen MR) is 80.8 cm³/mol. The van der Waals surface area contributed by atoms with E-state index >= 15 is 0 Å². The highest BCUT2D eigenvalue weighted by Gasteiger charge is 2.32. The van der Waals surface area contributed by atoms with Crippen LogP contribution in [0.2, 0.25) is 0 Å². The summed E-state index contributed by atoms with van der Waals surface area (Å²) in [4.78, 5) is 14.2. The summed E-state index contributed by atoms with van der Waals surface area (Å²) in [6.45, 7) is 2.75. The number of carbonyl (C=O) groups excluding carboxylic acids is 1. The van der Waals surface area contributed by atoms with Gasteiger partial charge in [0, 0.05) is 18.0 Å². The second-order valence-corrected chi connectivity index (χ2v) is 5.92. The number of nitrogens with zero attached hydrogens (tertiary/aromatic N) is 1. The van der Waals surface area contributed by atoms with E-state index in [0.717, 1.165) is 23.7 Å². The van der Waals surface area contributed by atoms with Crippen LogP contribution in [0.3, 0.4) is 0 Å². The Bertz CT molecular complexity index is 580. The Hall–Kier alpha value is -1.88. The van der Waals surface area contributed by atoms with E-state index < -0.39 is 0 Å². The lowest BCUT2D eigenvalue weighted by molar-refractivity contribution is 0.210. The number of aryl methyl sites for hydroxylation is 1. The number of benzene rings is 1. The predicted octanol–water partition coefficient (Wildman–Crippen LogP) is 3.87. The fraction of sp³-hybridized carbons (Fsp3) is 0.267. The maximum absolute atomic E-state index is 12.4. The lowest BCUT2D eigenvalue weighted by Crippen LogP contribution is -2.34. The number of nitrogens with one attached hydrogen (secondary N) is 1. The first-order valence-electron chi connectivity index (χ1n) is 6.53. The van der Waals surface area contributed by atoms with Gasteiger partial charge < -0.3 is 14.6 Å². The van der Waals surface area contributed by atoms with E-state index in [0.29, 0.717) is 0 Å². The van der Waals surface area contributed by atoms with Crippen LogP contribution in [0.15, 0.2) is 47.1 Å². The lowest BCUT2D eigenvalue weighted by Gasteiger charge is -2.22. The van der Waals surface area contributed by atoms with Crippen LogP contribution in [0.4, 0.5) is 10.5 Å². The van der Waals surface area contributed by atoms with Crippen LogP contribution >= 0.6 is 11.8 Å². The van der Waals surface area contributed by atoms with Gasteiger partial charge in [0.2, 0.25) is 0 Å². The number of amides is 2. The summed E-state index contributed by atoms with van der Waals surface area (Å²) in [5.74, 6) is 1.75. The number of furan rings is 1. The van der Waals surface area contributed by atoms with Gasteiger partial charge in [-0.3, -0.25) is 0 Å². The first-order valence-corrected chi connectivity index (χ1v) is 7.58. The van der Waals surface area contributed by atoms with Crippen molar-refractivity contribution in [3.63, 3.8) is 0 Å². The monoisotopic (exact) mass is 288 g/mol. The molecule has 1 aliphatic heterocycles. The molecule has 104 valence electrons. The molecule has 1 aromatic heterocycles. The van der Waals surface area contributed by atoms with Crippen LogP contribution in [0, 0.1) is 6.92 Å². The molecule has 1 aromatic carbocycles. The van der Waals surface area contributed by atoms with Crippen molar-refractivity contribution in [1.29, 1.82) is 0 Å². The van der Waals surface area contributed by atoms with Gasteiger partial charge in [0.05, 0.1) is 6.26 Å². The minimum absolute atomic E-state index is 0.0320. The zero-order chi connectivity index (χ0) is 13.9. The number of thioether (sulfide) groups is 1. The SMILES string of the molecule is Cc1ccc(NC(=O)N2CCS[C@@H]2c2ccco2)cc1. The van der Waals surface area contributed by atoms with Crippen molar-refractivity contribution in [3.05, 3.63) is 54.0 Å². The van der Waals surface area contributed by atoms with Gasteiger partial charge in [-0.05, 0) is 31.2 Å². The molecule has 20 heavy (non-hydrogen) atoms. The number of hydrogen-bond donors (Lipinski definition) is 1. The Labute approximate surface area is 122 Å². The second kappa shape index (κ2) is 5.63. The molecule has 0 saturated carbocycles. The highest BCUT2D eigenvalue weighted by atomic mass is 32.2. The molecule has 4 nitrogen and oxygen atoms in total. The van der Waals surface area contributed by atoms with Crippen molar-refractivity contribution in [1.82, 2.24) is 4.90 Å². The number of urea groups is 1. The Morgan fingerprint density at radius 3 is 2.85 bits per heavy atom. The lowest BCUT2D eigenvalue weighted by atomic mass is 10.2. The molecule has 1 atom stereocenters. The Morgan fingerprint density at radius 1 is 1.35 bits per heavy atom. The molecule has 1 aliphatic rings. The smallest absolute Gasteiger partial charge is 0.323 e. The van der Waals surface area contributed by atoms with Crippen molar-refractivity contribution in [3.8, 4) is 0 Å². The van der Waals surface area contributed by atoms with E-state index in [1.807, 2.05) is 48.2 Å². The maximum atomic E-state index is 12.4. The standard InChI is InChI=1S/C15H16N2O2S/c1-11-4-6-12(7-5-11)16-15(18)17-8-10-20-14(17)13-3-2-9-19-13/h2-7,9,14H,8,10H2,1H3,(H,16,18)/t14-/m1/s1. The van der Waals surface area contributed by atoms with Gasteiger partial charge >= 0.3 is 6.03 Å².